The lowest BCUT2D eigenvalue weighted by atomic mass is 10.0. The summed E-state index contributed by atoms with van der Waals surface area (Å²) in [5.41, 5.74) is 5.37. The highest BCUT2D eigenvalue weighted by atomic mass is 31.2. The molecule has 72 heavy (non-hydrogen) atoms. The van der Waals surface area contributed by atoms with E-state index in [1.54, 1.807) is 0 Å². The molecular formula is C62H104NO8P. The Hall–Kier alpha value is -3.59. The van der Waals surface area contributed by atoms with Gasteiger partial charge in [0.05, 0.1) is 13.2 Å². The Morgan fingerprint density at radius 1 is 0.431 bits per heavy atom. The number of allylic oxidation sites excluding steroid dienone is 20. The summed E-state index contributed by atoms with van der Waals surface area (Å²) in [6.45, 7) is 3.60. The lowest BCUT2D eigenvalue weighted by Crippen LogP contribution is -2.29. The lowest BCUT2D eigenvalue weighted by molar-refractivity contribution is -0.161. The average molecular weight is 1020 g/mol. The van der Waals surface area contributed by atoms with Gasteiger partial charge in [-0.3, -0.25) is 18.6 Å². The van der Waals surface area contributed by atoms with E-state index in [9.17, 15) is 19.0 Å². The molecule has 0 aliphatic carbocycles. The van der Waals surface area contributed by atoms with Gasteiger partial charge in [0.2, 0.25) is 0 Å². The average Bonchev–Trinajstić information content (AvgIpc) is 3.37. The number of carbonyl (C=O) groups is 2. The van der Waals surface area contributed by atoms with Crippen LogP contribution in [0.1, 0.15) is 226 Å². The molecule has 0 bridgehead atoms. The molecule has 0 saturated carbocycles. The summed E-state index contributed by atoms with van der Waals surface area (Å²) in [6.07, 6.45) is 78.2. The minimum absolute atomic E-state index is 0.0460. The standard InChI is InChI=1S/C62H104NO8P/c1-3-5-7-9-11-13-15-17-19-20-21-22-23-24-25-26-27-28-29-30-31-32-33-34-35-36-37-38-39-40-41-43-45-47-49-51-53-55-62(65)71-60(59-70-72(66,67)69-57-56-63)58-68-61(64)54-52-50-48-46-44-42-18-16-14-12-10-8-6-4-2/h5,7,11,13,17,19,21-22,24-25,27-28,30-31,33-34,36-37,39-40,60H,3-4,6,8-10,12,14-16,18,20,23,26,29,32,35,38,41-59,63H2,1-2H3,(H,66,67)/b7-5-,13-11-,19-17-,22-21-,25-24-,28-27-,31-30-,34-33-,37-36-,40-39-. The number of phosphoric ester groups is 1. The van der Waals surface area contributed by atoms with Crippen LogP contribution >= 0.6 is 7.82 Å². The van der Waals surface area contributed by atoms with Gasteiger partial charge in [0.1, 0.15) is 6.61 Å². The molecule has 0 rings (SSSR count). The molecule has 0 heterocycles. The van der Waals surface area contributed by atoms with Crippen molar-refractivity contribution in [2.24, 2.45) is 5.73 Å². The van der Waals surface area contributed by atoms with Crippen LogP contribution in [0.3, 0.4) is 0 Å². The molecule has 0 aromatic carbocycles. The molecule has 0 aliphatic heterocycles. The van der Waals surface area contributed by atoms with E-state index in [0.29, 0.717) is 6.42 Å². The third-order valence-electron chi connectivity index (χ3n) is 11.6. The highest BCUT2D eigenvalue weighted by molar-refractivity contribution is 7.47. The van der Waals surface area contributed by atoms with Crippen LogP contribution in [0, 0.1) is 0 Å². The summed E-state index contributed by atoms with van der Waals surface area (Å²) in [6, 6.07) is 0. The molecule has 2 unspecified atom stereocenters. The summed E-state index contributed by atoms with van der Waals surface area (Å²) in [4.78, 5) is 35.1. The van der Waals surface area contributed by atoms with Crippen molar-refractivity contribution in [1.29, 1.82) is 0 Å². The third-order valence-corrected chi connectivity index (χ3v) is 12.6. The fourth-order valence-corrected chi connectivity index (χ4v) is 8.19. The van der Waals surface area contributed by atoms with Gasteiger partial charge in [0.25, 0.3) is 0 Å². The molecule has 10 heteroatoms. The number of nitrogens with two attached hydrogens (primary N) is 1. The van der Waals surface area contributed by atoms with E-state index in [4.69, 9.17) is 24.3 Å². The van der Waals surface area contributed by atoms with E-state index >= 15 is 0 Å². The molecule has 3 N–H and O–H groups in total. The Labute approximate surface area is 441 Å². The molecule has 0 aromatic rings. The number of rotatable bonds is 52. The number of ether oxygens (including phenoxy) is 2. The third kappa shape index (κ3) is 55.7. The number of carbonyl (C=O) groups excluding carboxylic acids is 2. The number of hydrogen-bond acceptors (Lipinski definition) is 8. The second-order valence-corrected chi connectivity index (χ2v) is 19.9. The van der Waals surface area contributed by atoms with E-state index in [0.717, 1.165) is 122 Å². The van der Waals surface area contributed by atoms with Gasteiger partial charge in [-0.2, -0.15) is 0 Å². The summed E-state index contributed by atoms with van der Waals surface area (Å²) in [5.74, 6) is -0.848. The van der Waals surface area contributed by atoms with Crippen LogP contribution in [0.5, 0.6) is 0 Å². The quantitative estimate of drug-likeness (QED) is 0.0264. The van der Waals surface area contributed by atoms with Crippen LogP contribution in [0.4, 0.5) is 0 Å². The smallest absolute Gasteiger partial charge is 0.462 e. The van der Waals surface area contributed by atoms with Gasteiger partial charge in [-0.05, 0) is 89.9 Å². The maximum absolute atomic E-state index is 12.7. The molecule has 410 valence electrons. The van der Waals surface area contributed by atoms with Crippen LogP contribution in [-0.2, 0) is 32.7 Å². The molecular weight excluding hydrogens is 918 g/mol. The fourth-order valence-electron chi connectivity index (χ4n) is 7.43. The van der Waals surface area contributed by atoms with Gasteiger partial charge in [-0.15, -0.1) is 0 Å². The summed E-state index contributed by atoms with van der Waals surface area (Å²) >= 11 is 0. The van der Waals surface area contributed by atoms with Crippen LogP contribution < -0.4 is 5.73 Å². The molecule has 0 aliphatic rings. The zero-order chi connectivity index (χ0) is 52.4. The molecule has 0 fully saturated rings. The Balaban J connectivity index is 4.03. The van der Waals surface area contributed by atoms with Crippen LogP contribution in [0.2, 0.25) is 0 Å². The van der Waals surface area contributed by atoms with Gasteiger partial charge in [0.15, 0.2) is 6.10 Å². The number of hydrogen-bond donors (Lipinski definition) is 2. The summed E-state index contributed by atoms with van der Waals surface area (Å²) in [7, 11) is -4.39. The van der Waals surface area contributed by atoms with Gasteiger partial charge >= 0.3 is 19.8 Å². The van der Waals surface area contributed by atoms with Crippen molar-refractivity contribution >= 4 is 19.8 Å². The highest BCUT2D eigenvalue weighted by Crippen LogP contribution is 2.43. The molecule has 0 spiro atoms. The van der Waals surface area contributed by atoms with Gasteiger partial charge < -0.3 is 20.1 Å². The zero-order valence-corrected chi connectivity index (χ0v) is 46.5. The van der Waals surface area contributed by atoms with E-state index in [1.165, 1.54) is 70.6 Å². The van der Waals surface area contributed by atoms with E-state index in [2.05, 4.69) is 135 Å². The Morgan fingerprint density at radius 3 is 1.14 bits per heavy atom. The minimum atomic E-state index is -4.39. The molecule has 0 saturated heterocycles. The predicted molar refractivity (Wildman–Crippen MR) is 307 cm³/mol. The van der Waals surface area contributed by atoms with Crippen molar-refractivity contribution in [2.45, 2.75) is 232 Å². The lowest BCUT2D eigenvalue weighted by Gasteiger charge is -2.19. The first-order valence-electron chi connectivity index (χ1n) is 28.5. The van der Waals surface area contributed by atoms with E-state index in [-0.39, 0.29) is 38.6 Å². The topological polar surface area (TPSA) is 134 Å². The summed E-state index contributed by atoms with van der Waals surface area (Å²) in [5, 5.41) is 0. The Bertz CT molecular complexity index is 1590. The fraction of sp³-hybridized carbons (Fsp3) is 0.645. The van der Waals surface area contributed by atoms with E-state index < -0.39 is 26.5 Å². The van der Waals surface area contributed by atoms with Crippen molar-refractivity contribution < 1.29 is 37.6 Å². The van der Waals surface area contributed by atoms with Gasteiger partial charge in [0, 0.05) is 19.4 Å². The van der Waals surface area contributed by atoms with Crippen LogP contribution in [-0.4, -0.2) is 49.3 Å². The Morgan fingerprint density at radius 2 is 0.764 bits per heavy atom. The first-order chi connectivity index (χ1) is 35.3. The predicted octanol–water partition coefficient (Wildman–Crippen LogP) is 18.0. The monoisotopic (exact) mass is 1020 g/mol. The number of unbranched alkanes of at least 4 members (excludes halogenated alkanes) is 19. The Kier molecular flexibility index (Phi) is 53.9. The maximum Gasteiger partial charge on any atom is 0.472 e. The van der Waals surface area contributed by atoms with Crippen molar-refractivity contribution in [3.05, 3.63) is 122 Å². The van der Waals surface area contributed by atoms with Crippen LogP contribution in [0.25, 0.3) is 0 Å². The van der Waals surface area contributed by atoms with Crippen molar-refractivity contribution in [1.82, 2.24) is 0 Å². The van der Waals surface area contributed by atoms with Crippen molar-refractivity contribution in [2.75, 3.05) is 26.4 Å². The van der Waals surface area contributed by atoms with Gasteiger partial charge in [-0.1, -0.05) is 245 Å². The second kappa shape index (κ2) is 56.7. The molecule has 9 nitrogen and oxygen atoms in total. The maximum atomic E-state index is 12.7. The SMILES string of the molecule is CC/C=C\C/C=C\C/C=C\C/C=C\C/C=C\C/C=C\C/C=C\C/C=C\C/C=C\C/C=C\CCCCCCCCC(=O)OC(COC(=O)CCCCCCCCCCCCCCCC)COP(=O)(O)OCCN. The number of phosphoric acid groups is 1. The van der Waals surface area contributed by atoms with E-state index in [1.807, 2.05) is 0 Å². The molecule has 0 aromatic heterocycles. The zero-order valence-electron chi connectivity index (χ0n) is 45.6. The number of esters is 2. The molecule has 0 amide bonds. The van der Waals surface area contributed by atoms with Gasteiger partial charge in [-0.25, -0.2) is 4.57 Å². The molecule has 2 atom stereocenters. The largest absolute Gasteiger partial charge is 0.472 e. The first kappa shape index (κ1) is 68.4. The minimum Gasteiger partial charge on any atom is -0.462 e. The molecule has 0 radical (unpaired) electrons. The summed E-state index contributed by atoms with van der Waals surface area (Å²) < 4.78 is 32.9. The van der Waals surface area contributed by atoms with Crippen LogP contribution in [0.15, 0.2) is 122 Å². The highest BCUT2D eigenvalue weighted by Gasteiger charge is 2.26. The second-order valence-electron chi connectivity index (χ2n) is 18.4. The first-order valence-corrected chi connectivity index (χ1v) is 30.0. The van der Waals surface area contributed by atoms with Crippen molar-refractivity contribution in [3.8, 4) is 0 Å². The van der Waals surface area contributed by atoms with Crippen molar-refractivity contribution in [3.63, 3.8) is 0 Å². The normalized spacial score (nSPS) is 14.0.